The molecule has 0 saturated carbocycles. The topological polar surface area (TPSA) is 77.8 Å². The molecule has 23 heavy (non-hydrogen) atoms. The molecule has 0 saturated heterocycles. The van der Waals surface area contributed by atoms with E-state index in [9.17, 15) is 15.0 Å². The zero-order chi connectivity index (χ0) is 17.4. The van der Waals surface area contributed by atoms with Crippen molar-refractivity contribution in [1.82, 2.24) is 0 Å². The molecule has 0 atom stereocenters. The quantitative estimate of drug-likeness (QED) is 0.623. The summed E-state index contributed by atoms with van der Waals surface area (Å²) < 4.78 is 0. The molecule has 4 heteroatoms. The molecule has 4 nitrogen and oxygen atoms in total. The number of carbonyl (C=O) groups is 1. The summed E-state index contributed by atoms with van der Waals surface area (Å²) in [6.45, 7) is 6.18. The zero-order valence-electron chi connectivity index (χ0n) is 14.1. The van der Waals surface area contributed by atoms with Gasteiger partial charge in [-0.15, -0.1) is 0 Å². The van der Waals surface area contributed by atoms with Crippen molar-refractivity contribution in [1.29, 1.82) is 0 Å². The molecule has 0 spiro atoms. The van der Waals surface area contributed by atoms with Gasteiger partial charge in [0.05, 0.1) is 0 Å². The van der Waals surface area contributed by atoms with Crippen molar-refractivity contribution in [3.05, 3.63) is 46.6 Å². The van der Waals surface area contributed by atoms with Gasteiger partial charge in [0.25, 0.3) is 0 Å². The van der Waals surface area contributed by atoms with Crippen LogP contribution >= 0.6 is 0 Å². The van der Waals surface area contributed by atoms with Crippen LogP contribution in [0.1, 0.15) is 51.2 Å². The highest BCUT2D eigenvalue weighted by Crippen LogP contribution is 2.30. The molecular weight excluding hydrogens is 292 g/mol. The molecular formula is C19H26O4. The highest BCUT2D eigenvalue weighted by Gasteiger charge is 2.10. The average Bonchev–Trinajstić information content (AvgIpc) is 2.43. The lowest BCUT2D eigenvalue weighted by Gasteiger charge is -2.09. The van der Waals surface area contributed by atoms with Gasteiger partial charge in [-0.1, -0.05) is 23.3 Å². The lowest BCUT2D eigenvalue weighted by Crippen LogP contribution is -1.98. The van der Waals surface area contributed by atoms with Gasteiger partial charge in [0.1, 0.15) is 11.5 Å². The second-order valence-electron chi connectivity index (χ2n) is 6.08. The number of hydrogen-bond acceptors (Lipinski definition) is 3. The van der Waals surface area contributed by atoms with Crippen molar-refractivity contribution in [2.45, 2.75) is 52.9 Å². The summed E-state index contributed by atoms with van der Waals surface area (Å²) in [6.07, 6.45) is 6.83. The maximum absolute atomic E-state index is 10.6. The fraction of sp³-hybridized carbons (Fsp3) is 0.421. The van der Waals surface area contributed by atoms with Gasteiger partial charge in [-0.2, -0.15) is 0 Å². The Bertz CT molecular complexity index is 585. The Labute approximate surface area is 137 Å². The molecule has 0 aliphatic heterocycles. The molecule has 0 aliphatic rings. The van der Waals surface area contributed by atoms with E-state index in [1.54, 1.807) is 0 Å². The van der Waals surface area contributed by atoms with Crippen LogP contribution in [0.2, 0.25) is 0 Å². The Morgan fingerprint density at radius 2 is 1.65 bits per heavy atom. The molecule has 1 rings (SSSR count). The van der Waals surface area contributed by atoms with Gasteiger partial charge in [0.2, 0.25) is 0 Å². The molecule has 0 radical (unpaired) electrons. The van der Waals surface area contributed by atoms with Crippen LogP contribution in [-0.2, 0) is 17.6 Å². The summed E-state index contributed by atoms with van der Waals surface area (Å²) in [5, 5.41) is 28.8. The molecule has 0 heterocycles. The minimum atomic E-state index is -0.900. The standard InChI is InChI=1S/C19H26O4/c1-13(2)5-4-6-14(3)7-9-16-17(20)11-15(12-18(16)21)8-10-19(22)23/h5,7,11-12,20-21H,4,6,8-10H2,1-3H3,(H,22,23). The number of phenols is 2. The highest BCUT2D eigenvalue weighted by molar-refractivity contribution is 5.67. The van der Waals surface area contributed by atoms with Gasteiger partial charge in [-0.25, -0.2) is 0 Å². The molecule has 0 bridgehead atoms. The number of hydrogen-bond donors (Lipinski definition) is 3. The predicted octanol–water partition coefficient (Wildman–Crippen LogP) is 4.35. The normalized spacial score (nSPS) is 11.3. The molecule has 0 aromatic heterocycles. The molecule has 0 amide bonds. The Morgan fingerprint density at radius 3 is 2.17 bits per heavy atom. The maximum atomic E-state index is 10.6. The van der Waals surface area contributed by atoms with Gasteiger partial charge in [0.15, 0.2) is 0 Å². The van der Waals surface area contributed by atoms with Gasteiger partial charge in [-0.3, -0.25) is 4.79 Å². The van der Waals surface area contributed by atoms with E-state index in [0.717, 1.165) is 12.8 Å². The van der Waals surface area contributed by atoms with Crippen LogP contribution in [0, 0.1) is 0 Å². The van der Waals surface area contributed by atoms with Crippen LogP contribution in [-0.4, -0.2) is 21.3 Å². The highest BCUT2D eigenvalue weighted by atomic mass is 16.4. The van der Waals surface area contributed by atoms with Gasteiger partial charge < -0.3 is 15.3 Å². The number of rotatable bonds is 8. The van der Waals surface area contributed by atoms with Gasteiger partial charge in [-0.05, 0) is 64.2 Å². The minimum Gasteiger partial charge on any atom is -0.508 e. The number of benzene rings is 1. The number of aryl methyl sites for hydroxylation is 1. The van der Waals surface area contributed by atoms with Gasteiger partial charge >= 0.3 is 5.97 Å². The largest absolute Gasteiger partial charge is 0.508 e. The van der Waals surface area contributed by atoms with Crippen molar-refractivity contribution in [2.24, 2.45) is 0 Å². The molecule has 0 aliphatic carbocycles. The minimum absolute atomic E-state index is 0.0127. The predicted molar refractivity (Wildman–Crippen MR) is 91.9 cm³/mol. The molecule has 3 N–H and O–H groups in total. The van der Waals surface area contributed by atoms with E-state index in [2.05, 4.69) is 19.9 Å². The van der Waals surface area contributed by atoms with Crippen molar-refractivity contribution in [3.8, 4) is 11.5 Å². The van der Waals surface area contributed by atoms with E-state index < -0.39 is 5.97 Å². The second-order valence-corrected chi connectivity index (χ2v) is 6.08. The van der Waals surface area contributed by atoms with Crippen molar-refractivity contribution in [2.75, 3.05) is 0 Å². The number of aliphatic carboxylic acids is 1. The monoisotopic (exact) mass is 318 g/mol. The molecule has 0 unspecified atom stereocenters. The maximum Gasteiger partial charge on any atom is 0.303 e. The lowest BCUT2D eigenvalue weighted by atomic mass is 10.0. The number of phenolic OH excluding ortho intramolecular Hbond substituents is 2. The fourth-order valence-corrected chi connectivity index (χ4v) is 2.27. The zero-order valence-corrected chi connectivity index (χ0v) is 14.1. The van der Waals surface area contributed by atoms with E-state index in [4.69, 9.17) is 5.11 Å². The van der Waals surface area contributed by atoms with Crippen LogP contribution in [0.4, 0.5) is 0 Å². The Balaban J connectivity index is 2.73. The van der Waals surface area contributed by atoms with E-state index in [0.29, 0.717) is 17.5 Å². The number of carboxylic acids is 1. The fourth-order valence-electron chi connectivity index (χ4n) is 2.27. The SMILES string of the molecule is CC(C)=CCCC(C)=CCc1c(O)cc(CCC(=O)O)cc1O. The second kappa shape index (κ2) is 9.03. The van der Waals surface area contributed by atoms with Crippen molar-refractivity contribution in [3.63, 3.8) is 0 Å². The third-order valence-electron chi connectivity index (χ3n) is 3.64. The van der Waals surface area contributed by atoms with Crippen LogP contribution in [0.3, 0.4) is 0 Å². The van der Waals surface area contributed by atoms with E-state index in [-0.39, 0.29) is 24.3 Å². The summed E-state index contributed by atoms with van der Waals surface area (Å²) in [5.74, 6) is -0.875. The average molecular weight is 318 g/mol. The molecule has 1 aromatic carbocycles. The van der Waals surface area contributed by atoms with Gasteiger partial charge in [0, 0.05) is 12.0 Å². The summed E-state index contributed by atoms with van der Waals surface area (Å²) in [7, 11) is 0. The van der Waals surface area contributed by atoms with Crippen LogP contribution in [0.25, 0.3) is 0 Å². The Morgan fingerprint density at radius 1 is 1.04 bits per heavy atom. The Kier molecular flexibility index (Phi) is 7.39. The first kappa shape index (κ1) is 18.8. The third-order valence-corrected chi connectivity index (χ3v) is 3.64. The van der Waals surface area contributed by atoms with E-state index >= 15 is 0 Å². The number of aromatic hydroxyl groups is 2. The Hall–Kier alpha value is -2.23. The first-order valence-electron chi connectivity index (χ1n) is 7.84. The first-order valence-corrected chi connectivity index (χ1v) is 7.84. The van der Waals surface area contributed by atoms with Crippen LogP contribution in [0.15, 0.2) is 35.4 Å². The third kappa shape index (κ3) is 7.04. The lowest BCUT2D eigenvalue weighted by molar-refractivity contribution is -0.136. The number of allylic oxidation sites excluding steroid dienone is 4. The summed E-state index contributed by atoms with van der Waals surface area (Å²) in [5.41, 5.74) is 3.60. The molecule has 0 fully saturated rings. The van der Waals surface area contributed by atoms with Crippen molar-refractivity contribution >= 4 is 5.97 Å². The number of carboxylic acid groups (broad SMARTS) is 1. The first-order chi connectivity index (χ1) is 10.8. The molecule has 126 valence electrons. The summed E-state index contributed by atoms with van der Waals surface area (Å²) in [4.78, 5) is 10.6. The van der Waals surface area contributed by atoms with Crippen LogP contribution in [0.5, 0.6) is 11.5 Å². The summed E-state index contributed by atoms with van der Waals surface area (Å²) in [6, 6.07) is 3.06. The van der Waals surface area contributed by atoms with E-state index in [1.807, 2.05) is 13.0 Å². The molecule has 1 aromatic rings. The van der Waals surface area contributed by atoms with E-state index in [1.165, 1.54) is 23.3 Å². The van der Waals surface area contributed by atoms with Crippen LogP contribution < -0.4 is 0 Å². The summed E-state index contributed by atoms with van der Waals surface area (Å²) >= 11 is 0. The smallest absolute Gasteiger partial charge is 0.303 e. The van der Waals surface area contributed by atoms with Crippen molar-refractivity contribution < 1.29 is 20.1 Å².